The molecule has 0 amide bonds. The van der Waals surface area contributed by atoms with Crippen molar-refractivity contribution in [3.63, 3.8) is 0 Å². The van der Waals surface area contributed by atoms with Gasteiger partial charge in [0.2, 0.25) is 0 Å². The summed E-state index contributed by atoms with van der Waals surface area (Å²) in [6, 6.07) is 0. The van der Waals surface area contributed by atoms with Gasteiger partial charge in [-0.2, -0.15) is 0 Å². The monoisotopic (exact) mass is 570 g/mol. The minimum absolute atomic E-state index is 0. The smallest absolute Gasteiger partial charge is 0.759 e. The van der Waals surface area contributed by atoms with Crippen molar-refractivity contribution >= 4 is 31.2 Å². The maximum Gasteiger partial charge on any atom is 3.00 e. The van der Waals surface area contributed by atoms with E-state index in [1.54, 1.807) is 0 Å². The Hall–Kier alpha value is 2.34. The summed E-state index contributed by atoms with van der Waals surface area (Å²) in [6.07, 6.45) is 0. The fourth-order valence-corrected chi connectivity index (χ4v) is 0. The van der Waals surface area contributed by atoms with E-state index in [2.05, 4.69) is 0 Å². The van der Waals surface area contributed by atoms with Crippen LogP contribution in [0.25, 0.3) is 0 Å². The van der Waals surface area contributed by atoms with Crippen molar-refractivity contribution in [2.24, 2.45) is 0 Å². The Morgan fingerprint density at radius 3 is 0.412 bits per heavy atom. The molecule has 0 fully saturated rings. The van der Waals surface area contributed by atoms with Crippen molar-refractivity contribution in [2.75, 3.05) is 0 Å². The van der Waals surface area contributed by atoms with E-state index < -0.39 is 31.2 Å². The molecule has 17 heavy (non-hydrogen) atoms. The van der Waals surface area contributed by atoms with E-state index in [1.807, 2.05) is 0 Å². The van der Waals surface area contributed by atoms with Gasteiger partial charge in [0.1, 0.15) is 0 Å². The third-order valence-electron chi connectivity index (χ3n) is 0. The molecule has 0 N–H and O–H groups in total. The maximum atomic E-state index is 8.52. The molecule has 0 rings (SSSR count). The average Bonchev–Trinajstić information content (AvgIpc) is 1.41. The van der Waals surface area contributed by atoms with E-state index in [0.717, 1.165) is 0 Å². The van der Waals surface area contributed by atoms with Crippen molar-refractivity contribution in [1.29, 1.82) is 0 Å². The predicted molar refractivity (Wildman–Crippen MR) is 31.4 cm³/mol. The van der Waals surface area contributed by atoms with Crippen molar-refractivity contribution in [3.05, 3.63) is 0 Å². The van der Waals surface area contributed by atoms with E-state index in [4.69, 9.17) is 52.6 Å². The minimum atomic E-state index is -5.17. The standard InChI is InChI=1S/3H2O4S.2Pr/c3*1-5(2,3)4;;/h3*(H2,1,2,3,4);;/q;;;2*+3/p-6. The summed E-state index contributed by atoms with van der Waals surface area (Å²) in [5.41, 5.74) is 0. The van der Waals surface area contributed by atoms with Crippen molar-refractivity contribution < 1.29 is 135 Å². The molecule has 0 aliphatic heterocycles. The first kappa shape index (κ1) is 31.6. The zero-order chi connectivity index (χ0) is 13.5. The molecular weight excluding hydrogens is 570 g/mol. The van der Waals surface area contributed by atoms with E-state index in [0.29, 0.717) is 0 Å². The predicted octanol–water partition coefficient (Wildman–Crippen LogP) is -4.01. The molecule has 0 unspecified atom stereocenters. The fraction of sp³-hybridized carbons (Fsp3) is 0. The quantitative estimate of drug-likeness (QED) is 0.200. The summed E-state index contributed by atoms with van der Waals surface area (Å²) < 4.78 is 102. The molecule has 17 heteroatoms. The van der Waals surface area contributed by atoms with Gasteiger partial charge in [0.05, 0.1) is 0 Å². The van der Waals surface area contributed by atoms with E-state index in [1.165, 1.54) is 0 Å². The molecule has 0 radical (unpaired) electrons. The van der Waals surface area contributed by atoms with Gasteiger partial charge in [0, 0.05) is 31.2 Å². The Kier molecular flexibility index (Phi) is 24.8. The molecule has 0 aromatic heterocycles. The van der Waals surface area contributed by atoms with E-state index in [-0.39, 0.29) is 82.6 Å². The van der Waals surface area contributed by atoms with Gasteiger partial charge in [-0.15, -0.1) is 0 Å². The molecule has 0 atom stereocenters. The van der Waals surface area contributed by atoms with Crippen LogP contribution in [0, 0.1) is 82.6 Å². The van der Waals surface area contributed by atoms with Crippen LogP contribution in [0.15, 0.2) is 0 Å². The van der Waals surface area contributed by atoms with E-state index in [9.17, 15) is 0 Å². The first-order chi connectivity index (χ1) is 6.00. The van der Waals surface area contributed by atoms with Crippen LogP contribution in [-0.4, -0.2) is 52.6 Å². The van der Waals surface area contributed by atoms with Crippen LogP contribution in [0.3, 0.4) is 0 Å². The van der Waals surface area contributed by atoms with Gasteiger partial charge in [-0.25, -0.2) is 0 Å². The first-order valence-electron chi connectivity index (χ1n) is 2.00. The zero-order valence-electron chi connectivity index (χ0n) is 7.28. The average molecular weight is 570 g/mol. The second-order valence-corrected chi connectivity index (χ2v) is 3.67. The summed E-state index contributed by atoms with van der Waals surface area (Å²) in [5, 5.41) is 0. The third kappa shape index (κ3) is 896. The van der Waals surface area contributed by atoms with Crippen molar-refractivity contribution in [3.8, 4) is 0 Å². The van der Waals surface area contributed by atoms with Crippen LogP contribution in [0.5, 0.6) is 0 Å². The molecule has 0 aromatic carbocycles. The van der Waals surface area contributed by atoms with E-state index >= 15 is 0 Å². The Labute approximate surface area is 163 Å². The summed E-state index contributed by atoms with van der Waals surface area (Å²) in [4.78, 5) is 0. The molecule has 12 nitrogen and oxygen atoms in total. The summed E-state index contributed by atoms with van der Waals surface area (Å²) in [5.74, 6) is 0. The second kappa shape index (κ2) is 13.3. The molecule has 0 heterocycles. The zero-order valence-corrected chi connectivity index (χ0v) is 17.1. The molecule has 0 aliphatic rings. The van der Waals surface area contributed by atoms with Crippen LogP contribution in [0.2, 0.25) is 0 Å². The van der Waals surface area contributed by atoms with Crippen molar-refractivity contribution in [2.45, 2.75) is 0 Å². The molecule has 0 bridgehead atoms. The van der Waals surface area contributed by atoms with Gasteiger partial charge in [-0.05, 0) is 0 Å². The third-order valence-corrected chi connectivity index (χ3v) is 0. The fourth-order valence-electron chi connectivity index (χ4n) is 0. The first-order valence-corrected chi connectivity index (χ1v) is 6.00. The Morgan fingerprint density at radius 1 is 0.412 bits per heavy atom. The molecule has 0 spiro atoms. The molecule has 0 aromatic rings. The normalized spacial score (nSPS) is 10.2. The number of hydrogen-bond donors (Lipinski definition) is 0. The number of hydrogen-bond acceptors (Lipinski definition) is 12. The van der Waals surface area contributed by atoms with Gasteiger partial charge in [-0.1, -0.05) is 0 Å². The molecule has 0 saturated carbocycles. The van der Waals surface area contributed by atoms with Crippen molar-refractivity contribution in [1.82, 2.24) is 0 Å². The van der Waals surface area contributed by atoms with Gasteiger partial charge in [-0.3, -0.25) is 25.3 Å². The van der Waals surface area contributed by atoms with Crippen LogP contribution in [0.4, 0.5) is 0 Å². The molecule has 0 aliphatic carbocycles. The summed E-state index contributed by atoms with van der Waals surface area (Å²) in [7, 11) is -15.5. The number of rotatable bonds is 0. The summed E-state index contributed by atoms with van der Waals surface area (Å²) >= 11 is 0. The van der Waals surface area contributed by atoms with Crippen LogP contribution in [-0.2, 0) is 31.2 Å². The topological polar surface area (TPSA) is 241 Å². The Balaban J connectivity index is -0.0000000400. The molecule has 96 valence electrons. The van der Waals surface area contributed by atoms with Gasteiger partial charge >= 0.3 is 82.6 Å². The Bertz CT molecular complexity index is 341. The van der Waals surface area contributed by atoms with Gasteiger partial charge in [0.25, 0.3) is 0 Å². The van der Waals surface area contributed by atoms with Gasteiger partial charge in [0.15, 0.2) is 0 Å². The van der Waals surface area contributed by atoms with Crippen LogP contribution < -0.4 is 0 Å². The largest absolute Gasteiger partial charge is 3.00 e. The maximum absolute atomic E-state index is 8.52. The second-order valence-electron chi connectivity index (χ2n) is 1.22. The van der Waals surface area contributed by atoms with Crippen LogP contribution in [0.1, 0.15) is 0 Å². The Morgan fingerprint density at radius 2 is 0.412 bits per heavy atom. The van der Waals surface area contributed by atoms with Crippen LogP contribution >= 0.6 is 0 Å². The van der Waals surface area contributed by atoms with Gasteiger partial charge < -0.3 is 27.3 Å². The molecular formula is O12Pr2S3. The minimum Gasteiger partial charge on any atom is -0.759 e. The molecule has 0 saturated heterocycles. The SMILES string of the molecule is O=S(=O)([O-])[O-].O=S(=O)([O-])[O-].O=S(=O)([O-])[O-].[Pr+3].[Pr+3]. The summed E-state index contributed by atoms with van der Waals surface area (Å²) in [6.45, 7) is 0.